The van der Waals surface area contributed by atoms with Gasteiger partial charge in [-0.15, -0.1) is 0 Å². The highest BCUT2D eigenvalue weighted by molar-refractivity contribution is 6.30. The number of hydrogen-bond donors (Lipinski definition) is 1. The van der Waals surface area contributed by atoms with Gasteiger partial charge < -0.3 is 23.9 Å². The van der Waals surface area contributed by atoms with Gasteiger partial charge in [0.05, 0.1) is 31.5 Å². The molecule has 0 radical (unpaired) electrons. The molecule has 4 rings (SSSR count). The highest BCUT2D eigenvalue weighted by Crippen LogP contribution is 2.31. The molecule has 1 aromatic carbocycles. The smallest absolute Gasteiger partial charge is 0.254 e. The van der Waals surface area contributed by atoms with Crippen LogP contribution in [0.1, 0.15) is 42.7 Å². The van der Waals surface area contributed by atoms with E-state index in [4.69, 9.17) is 25.5 Å². The molecule has 1 fully saturated rings. The number of ether oxygens (including phenoxy) is 2. The van der Waals surface area contributed by atoms with Gasteiger partial charge in [0.25, 0.3) is 5.91 Å². The Morgan fingerprint density at radius 3 is 2.82 bits per heavy atom. The van der Waals surface area contributed by atoms with Gasteiger partial charge in [0, 0.05) is 35.4 Å². The van der Waals surface area contributed by atoms with Gasteiger partial charge in [-0.2, -0.15) is 0 Å². The fourth-order valence-electron chi connectivity index (χ4n) is 4.03. The molecule has 3 aromatic rings. The number of aromatic nitrogens is 2. The molecule has 9 heteroatoms. The number of methoxy groups -OCH3 is 1. The van der Waals surface area contributed by atoms with Crippen molar-refractivity contribution in [3.05, 3.63) is 52.6 Å². The van der Waals surface area contributed by atoms with Crippen LogP contribution >= 0.6 is 11.6 Å². The number of fused-ring (bicyclic) bond motifs is 1. The molecule has 0 spiro atoms. The molecule has 2 aromatic heterocycles. The largest absolute Gasteiger partial charge is 0.493 e. The second-order valence-electron chi connectivity index (χ2n) is 8.87. The number of hydrogen-bond acceptors (Lipinski definition) is 7. The maximum Gasteiger partial charge on any atom is 0.254 e. The molecule has 0 saturated carbocycles. The van der Waals surface area contributed by atoms with Gasteiger partial charge in [-0.1, -0.05) is 11.6 Å². The summed E-state index contributed by atoms with van der Waals surface area (Å²) >= 11 is 6.03. The molecule has 3 heterocycles. The molecular weight excluding hydrogens is 446 g/mol. The first-order valence-corrected chi connectivity index (χ1v) is 11.3. The molecule has 0 bridgehead atoms. The monoisotopic (exact) mass is 473 g/mol. The number of carbonyl (C=O) groups is 1. The first-order chi connectivity index (χ1) is 15.7. The minimum absolute atomic E-state index is 0.128. The number of rotatable bonds is 6. The third-order valence-corrected chi connectivity index (χ3v) is 6.02. The van der Waals surface area contributed by atoms with Crippen molar-refractivity contribution in [1.82, 2.24) is 14.9 Å². The number of morpholine rings is 1. The lowest BCUT2D eigenvalue weighted by molar-refractivity contribution is -0.106. The van der Waals surface area contributed by atoms with Crippen molar-refractivity contribution >= 4 is 28.6 Å². The lowest BCUT2D eigenvalue weighted by Crippen LogP contribution is -2.59. The van der Waals surface area contributed by atoms with Crippen LogP contribution in [0.25, 0.3) is 11.1 Å². The van der Waals surface area contributed by atoms with Crippen molar-refractivity contribution in [3.63, 3.8) is 0 Å². The van der Waals surface area contributed by atoms with E-state index in [1.54, 1.807) is 43.1 Å². The Balaban J connectivity index is 1.62. The molecule has 1 saturated heterocycles. The Morgan fingerprint density at radius 2 is 2.12 bits per heavy atom. The third-order valence-electron chi connectivity index (χ3n) is 5.79. The van der Waals surface area contributed by atoms with Crippen LogP contribution < -0.4 is 4.74 Å². The van der Waals surface area contributed by atoms with Gasteiger partial charge in [0.15, 0.2) is 17.2 Å². The summed E-state index contributed by atoms with van der Waals surface area (Å²) in [4.78, 5) is 24.0. The van der Waals surface area contributed by atoms with Gasteiger partial charge >= 0.3 is 0 Å². The molecule has 1 aliphatic heterocycles. The van der Waals surface area contributed by atoms with E-state index >= 15 is 0 Å². The highest BCUT2D eigenvalue weighted by atomic mass is 35.5. The van der Waals surface area contributed by atoms with E-state index in [2.05, 4.69) is 9.97 Å². The van der Waals surface area contributed by atoms with Crippen LogP contribution in [0.15, 0.2) is 34.9 Å². The Bertz CT molecular complexity index is 1160. The number of pyridine rings is 1. The van der Waals surface area contributed by atoms with Gasteiger partial charge in [-0.25, -0.2) is 4.98 Å². The van der Waals surface area contributed by atoms with Crippen molar-refractivity contribution in [2.24, 2.45) is 0 Å². The zero-order valence-electron chi connectivity index (χ0n) is 19.2. The standard InChI is InChI=1S/C24H28ClN3O5/c1-14-12-28(20(13-32-14)24(2,3)30)23(29)15-9-18-22(19(10-15)31-4)33-21(27-18)6-5-17-11-16(25)7-8-26-17/h7-11,14,20,30H,5-6,12-13H2,1-4H3. The average Bonchev–Trinajstić information content (AvgIpc) is 3.18. The first kappa shape index (κ1) is 23.5. The Morgan fingerprint density at radius 1 is 1.33 bits per heavy atom. The summed E-state index contributed by atoms with van der Waals surface area (Å²) in [6.07, 6.45) is 2.67. The second-order valence-corrected chi connectivity index (χ2v) is 9.31. The SMILES string of the molecule is COc1cc(C(=O)N2CC(C)OCC2C(C)(C)O)cc2nc(CCc3cc(Cl)ccn3)oc12. The molecule has 176 valence electrons. The van der Waals surface area contributed by atoms with Crippen molar-refractivity contribution < 1.29 is 23.8 Å². The topological polar surface area (TPSA) is 97.9 Å². The summed E-state index contributed by atoms with van der Waals surface area (Å²) in [5, 5.41) is 11.2. The highest BCUT2D eigenvalue weighted by Gasteiger charge is 2.40. The predicted octanol–water partition coefficient (Wildman–Crippen LogP) is 3.67. The van der Waals surface area contributed by atoms with Gasteiger partial charge in [0.1, 0.15) is 5.52 Å². The van der Waals surface area contributed by atoms with E-state index in [1.807, 2.05) is 13.0 Å². The van der Waals surface area contributed by atoms with Crippen molar-refractivity contribution in [2.45, 2.75) is 51.4 Å². The molecule has 2 atom stereocenters. The number of aliphatic hydroxyl groups is 1. The Kier molecular flexibility index (Phi) is 6.61. The van der Waals surface area contributed by atoms with Crippen LogP contribution in [0.2, 0.25) is 5.02 Å². The molecule has 1 aliphatic rings. The number of oxazole rings is 1. The van der Waals surface area contributed by atoms with E-state index < -0.39 is 11.6 Å². The van der Waals surface area contributed by atoms with Crippen LogP contribution in [-0.4, -0.2) is 63.9 Å². The molecular formula is C24H28ClN3O5. The number of halogens is 1. The molecule has 2 unspecified atom stereocenters. The van der Waals surface area contributed by atoms with Crippen molar-refractivity contribution in [1.29, 1.82) is 0 Å². The number of nitrogens with zero attached hydrogens (tertiary/aromatic N) is 3. The minimum Gasteiger partial charge on any atom is -0.493 e. The van der Waals surface area contributed by atoms with E-state index in [1.165, 1.54) is 7.11 Å². The van der Waals surface area contributed by atoms with Crippen molar-refractivity contribution in [3.8, 4) is 5.75 Å². The summed E-state index contributed by atoms with van der Waals surface area (Å²) in [6, 6.07) is 6.42. The lowest BCUT2D eigenvalue weighted by atomic mass is 9.95. The fraction of sp³-hybridized carbons (Fsp3) is 0.458. The van der Waals surface area contributed by atoms with Gasteiger partial charge in [0.2, 0.25) is 0 Å². The first-order valence-electron chi connectivity index (χ1n) is 10.9. The zero-order chi connectivity index (χ0) is 23.8. The predicted molar refractivity (Wildman–Crippen MR) is 124 cm³/mol. The Labute approximate surface area is 197 Å². The zero-order valence-corrected chi connectivity index (χ0v) is 19.9. The summed E-state index contributed by atoms with van der Waals surface area (Å²) in [5.74, 6) is 0.728. The van der Waals surface area contributed by atoms with Crippen molar-refractivity contribution in [2.75, 3.05) is 20.3 Å². The molecule has 8 nitrogen and oxygen atoms in total. The Hall–Kier alpha value is -2.68. The summed E-state index contributed by atoms with van der Waals surface area (Å²) in [7, 11) is 1.53. The van der Waals surface area contributed by atoms with Gasteiger partial charge in [-0.05, 0) is 51.5 Å². The number of amides is 1. The molecule has 1 amide bonds. The van der Waals surface area contributed by atoms with Crippen LogP contribution in [0.4, 0.5) is 0 Å². The number of benzene rings is 1. The van der Waals surface area contributed by atoms with Crippen LogP contribution in [-0.2, 0) is 17.6 Å². The summed E-state index contributed by atoms with van der Waals surface area (Å²) < 4.78 is 17.1. The molecule has 33 heavy (non-hydrogen) atoms. The van der Waals surface area contributed by atoms with E-state index in [0.29, 0.717) is 52.7 Å². The van der Waals surface area contributed by atoms with E-state index in [0.717, 1.165) is 5.69 Å². The van der Waals surface area contributed by atoms with Crippen LogP contribution in [0.3, 0.4) is 0 Å². The number of aryl methyl sites for hydroxylation is 2. The normalized spacial score (nSPS) is 19.2. The summed E-state index contributed by atoms with van der Waals surface area (Å²) in [6.45, 7) is 5.91. The lowest BCUT2D eigenvalue weighted by Gasteiger charge is -2.44. The second kappa shape index (κ2) is 9.29. The number of carbonyl (C=O) groups excluding carboxylic acids is 1. The van der Waals surface area contributed by atoms with E-state index in [-0.39, 0.29) is 18.6 Å². The van der Waals surface area contributed by atoms with Gasteiger partial charge in [-0.3, -0.25) is 9.78 Å². The van der Waals surface area contributed by atoms with E-state index in [9.17, 15) is 9.90 Å². The maximum atomic E-state index is 13.5. The average molecular weight is 474 g/mol. The molecule has 1 N–H and O–H groups in total. The summed E-state index contributed by atoms with van der Waals surface area (Å²) in [5.41, 5.74) is 1.16. The maximum absolute atomic E-state index is 13.5. The fourth-order valence-corrected chi connectivity index (χ4v) is 4.21. The third kappa shape index (κ3) is 5.13. The van der Waals surface area contributed by atoms with Crippen LogP contribution in [0.5, 0.6) is 5.75 Å². The minimum atomic E-state index is -1.11. The van der Waals surface area contributed by atoms with Crippen LogP contribution in [0, 0.1) is 0 Å². The quantitative estimate of drug-likeness (QED) is 0.583. The molecule has 0 aliphatic carbocycles.